The van der Waals surface area contributed by atoms with Gasteiger partial charge in [-0.15, -0.1) is 0 Å². The van der Waals surface area contributed by atoms with Crippen molar-refractivity contribution in [1.82, 2.24) is 20.1 Å². The van der Waals surface area contributed by atoms with Crippen molar-refractivity contribution in [2.75, 3.05) is 6.54 Å². The van der Waals surface area contributed by atoms with Crippen molar-refractivity contribution < 1.29 is 15.0 Å². The topological polar surface area (TPSA) is 100 Å². The molecule has 1 amide bonds. The largest absolute Gasteiger partial charge is 0.504 e. The lowest BCUT2D eigenvalue weighted by atomic mass is 10.2. The first-order valence-electron chi connectivity index (χ1n) is 5.71. The molecule has 0 fully saturated rings. The summed E-state index contributed by atoms with van der Waals surface area (Å²) in [5, 5.41) is 25.2. The van der Waals surface area contributed by atoms with Crippen LogP contribution in [0, 0.1) is 0 Å². The number of benzene rings is 1. The second-order valence-corrected chi connectivity index (χ2v) is 4.04. The summed E-state index contributed by atoms with van der Waals surface area (Å²) in [5.41, 5.74) is 0.282. The summed E-state index contributed by atoms with van der Waals surface area (Å²) in [6.45, 7) is 0.393. The molecule has 0 atom stereocenters. The second kappa shape index (κ2) is 5.38. The Balaban J connectivity index is 1.89. The van der Waals surface area contributed by atoms with Crippen LogP contribution in [-0.4, -0.2) is 37.4 Å². The number of aryl methyl sites for hydroxylation is 1. The molecule has 0 spiro atoms. The van der Waals surface area contributed by atoms with Gasteiger partial charge in [-0.05, 0) is 18.2 Å². The zero-order valence-electron chi connectivity index (χ0n) is 10.4. The second-order valence-electron chi connectivity index (χ2n) is 4.04. The van der Waals surface area contributed by atoms with Gasteiger partial charge in [-0.2, -0.15) is 5.10 Å². The number of phenols is 2. The Labute approximate surface area is 109 Å². The number of hydrogen-bond donors (Lipinski definition) is 3. The maximum absolute atomic E-state index is 11.8. The van der Waals surface area contributed by atoms with E-state index in [1.807, 2.05) is 0 Å². The maximum atomic E-state index is 11.8. The van der Waals surface area contributed by atoms with Crippen LogP contribution in [0.4, 0.5) is 0 Å². The molecule has 3 N–H and O–H groups in total. The lowest BCUT2D eigenvalue weighted by molar-refractivity contribution is 0.0953. The smallest absolute Gasteiger partial charge is 0.251 e. The van der Waals surface area contributed by atoms with Crippen molar-refractivity contribution in [2.24, 2.45) is 7.05 Å². The van der Waals surface area contributed by atoms with Gasteiger partial charge in [0, 0.05) is 25.6 Å². The molecule has 0 unspecified atom stereocenters. The van der Waals surface area contributed by atoms with Crippen molar-refractivity contribution in [3.05, 3.63) is 35.9 Å². The number of carbonyl (C=O) groups excluding carboxylic acids is 1. The highest BCUT2D eigenvalue weighted by Crippen LogP contribution is 2.24. The van der Waals surface area contributed by atoms with Crippen LogP contribution in [0.15, 0.2) is 24.5 Å². The highest BCUT2D eigenvalue weighted by atomic mass is 16.3. The van der Waals surface area contributed by atoms with E-state index in [-0.39, 0.29) is 23.0 Å². The zero-order chi connectivity index (χ0) is 13.8. The van der Waals surface area contributed by atoms with Gasteiger partial charge in [0.25, 0.3) is 5.91 Å². The van der Waals surface area contributed by atoms with Gasteiger partial charge in [0.05, 0.1) is 0 Å². The number of nitrogens with one attached hydrogen (secondary N) is 1. The number of aromatic hydroxyl groups is 2. The Kier molecular flexibility index (Phi) is 3.65. The Bertz CT molecular complexity index is 594. The fourth-order valence-electron chi connectivity index (χ4n) is 1.55. The van der Waals surface area contributed by atoms with E-state index in [1.54, 1.807) is 18.1 Å². The van der Waals surface area contributed by atoms with Gasteiger partial charge in [-0.1, -0.05) is 0 Å². The van der Waals surface area contributed by atoms with Gasteiger partial charge in [-0.25, -0.2) is 4.98 Å². The molecule has 0 bridgehead atoms. The predicted octanol–water partition coefficient (Wildman–Crippen LogP) is 0.199. The Hall–Kier alpha value is -2.57. The number of phenolic OH excluding ortho intramolecular Hbond substituents is 2. The van der Waals surface area contributed by atoms with Crippen LogP contribution < -0.4 is 5.32 Å². The van der Waals surface area contributed by atoms with Crippen molar-refractivity contribution in [3.8, 4) is 11.5 Å². The fraction of sp³-hybridized carbons (Fsp3) is 0.250. The van der Waals surface area contributed by atoms with Crippen LogP contribution in [0.5, 0.6) is 11.5 Å². The molecule has 0 aliphatic heterocycles. The lowest BCUT2D eigenvalue weighted by Crippen LogP contribution is -2.25. The minimum Gasteiger partial charge on any atom is -0.504 e. The summed E-state index contributed by atoms with van der Waals surface area (Å²) >= 11 is 0. The minimum absolute atomic E-state index is 0.255. The first-order chi connectivity index (χ1) is 9.06. The molecule has 0 aliphatic rings. The molecular weight excluding hydrogens is 248 g/mol. The van der Waals surface area contributed by atoms with Gasteiger partial charge >= 0.3 is 0 Å². The third-order valence-electron chi connectivity index (χ3n) is 2.52. The monoisotopic (exact) mass is 262 g/mol. The summed E-state index contributed by atoms with van der Waals surface area (Å²) in [7, 11) is 1.77. The van der Waals surface area contributed by atoms with E-state index in [0.29, 0.717) is 18.8 Å². The number of aromatic nitrogens is 3. The molecule has 1 heterocycles. The summed E-state index contributed by atoms with van der Waals surface area (Å²) in [5.74, 6) is -0.254. The number of amides is 1. The lowest BCUT2D eigenvalue weighted by Gasteiger charge is -2.05. The van der Waals surface area contributed by atoms with E-state index in [9.17, 15) is 9.90 Å². The van der Waals surface area contributed by atoms with E-state index in [2.05, 4.69) is 15.4 Å². The van der Waals surface area contributed by atoms with Crippen molar-refractivity contribution in [1.29, 1.82) is 0 Å². The molecule has 1 aromatic carbocycles. The van der Waals surface area contributed by atoms with Gasteiger partial charge in [0.2, 0.25) is 0 Å². The SMILES string of the molecule is Cn1cnc(CCNC(=O)c2ccc(O)c(O)c2)n1. The van der Waals surface area contributed by atoms with Crippen LogP contribution in [0.25, 0.3) is 0 Å². The molecule has 2 aromatic rings. The highest BCUT2D eigenvalue weighted by molar-refractivity contribution is 5.94. The summed E-state index contributed by atoms with van der Waals surface area (Å²) in [6, 6.07) is 3.91. The zero-order valence-corrected chi connectivity index (χ0v) is 10.4. The van der Waals surface area contributed by atoms with Crippen molar-refractivity contribution >= 4 is 5.91 Å². The highest BCUT2D eigenvalue weighted by Gasteiger charge is 2.08. The average Bonchev–Trinajstić information content (AvgIpc) is 2.78. The van der Waals surface area contributed by atoms with E-state index in [1.165, 1.54) is 18.2 Å². The number of nitrogens with zero attached hydrogens (tertiary/aromatic N) is 3. The standard InChI is InChI=1S/C12H14N4O3/c1-16-7-14-11(15-16)4-5-13-12(19)8-2-3-9(17)10(18)6-8/h2-3,6-7,17-18H,4-5H2,1H3,(H,13,19). The molecule has 7 heteroatoms. The van der Waals surface area contributed by atoms with Crippen LogP contribution in [-0.2, 0) is 13.5 Å². The molecule has 0 aliphatic carbocycles. The summed E-state index contributed by atoms with van der Waals surface area (Å²) in [6.07, 6.45) is 2.12. The van der Waals surface area contributed by atoms with Gasteiger partial charge in [0.1, 0.15) is 6.33 Å². The van der Waals surface area contributed by atoms with Gasteiger partial charge in [0.15, 0.2) is 17.3 Å². The molecule has 0 saturated heterocycles. The minimum atomic E-state index is -0.328. The van der Waals surface area contributed by atoms with Crippen LogP contribution in [0.2, 0.25) is 0 Å². The number of rotatable bonds is 4. The summed E-state index contributed by atoms with van der Waals surface area (Å²) in [4.78, 5) is 15.8. The third kappa shape index (κ3) is 3.21. The van der Waals surface area contributed by atoms with Crippen molar-refractivity contribution in [3.63, 3.8) is 0 Å². The molecule has 0 saturated carbocycles. The van der Waals surface area contributed by atoms with Crippen molar-refractivity contribution in [2.45, 2.75) is 6.42 Å². The Morgan fingerprint density at radius 2 is 2.16 bits per heavy atom. The molecule has 100 valence electrons. The molecular formula is C12H14N4O3. The average molecular weight is 262 g/mol. The normalized spacial score (nSPS) is 10.4. The van der Waals surface area contributed by atoms with E-state index in [0.717, 1.165) is 0 Å². The van der Waals surface area contributed by atoms with Crippen LogP contribution >= 0.6 is 0 Å². The van der Waals surface area contributed by atoms with Crippen LogP contribution in [0.3, 0.4) is 0 Å². The van der Waals surface area contributed by atoms with E-state index >= 15 is 0 Å². The van der Waals surface area contributed by atoms with E-state index < -0.39 is 0 Å². The first kappa shape index (κ1) is 12.9. The number of hydrogen-bond acceptors (Lipinski definition) is 5. The molecule has 1 aromatic heterocycles. The number of carbonyl (C=O) groups is 1. The Morgan fingerprint density at radius 3 is 2.79 bits per heavy atom. The van der Waals surface area contributed by atoms with Gasteiger partial charge in [-0.3, -0.25) is 9.48 Å². The van der Waals surface area contributed by atoms with Crippen LogP contribution in [0.1, 0.15) is 16.2 Å². The fourth-order valence-corrected chi connectivity index (χ4v) is 1.55. The molecule has 0 radical (unpaired) electrons. The third-order valence-corrected chi connectivity index (χ3v) is 2.52. The predicted molar refractivity (Wildman–Crippen MR) is 66.8 cm³/mol. The first-order valence-corrected chi connectivity index (χ1v) is 5.71. The molecule has 19 heavy (non-hydrogen) atoms. The Morgan fingerprint density at radius 1 is 1.37 bits per heavy atom. The summed E-state index contributed by atoms with van der Waals surface area (Å²) < 4.78 is 1.59. The quantitative estimate of drug-likeness (QED) is 0.683. The van der Waals surface area contributed by atoms with E-state index in [4.69, 9.17) is 5.11 Å². The van der Waals surface area contributed by atoms with Gasteiger partial charge < -0.3 is 15.5 Å². The molecule has 2 rings (SSSR count). The maximum Gasteiger partial charge on any atom is 0.251 e. The molecule has 7 nitrogen and oxygen atoms in total.